The first-order chi connectivity index (χ1) is 9.40. The second kappa shape index (κ2) is 7.00. The Morgan fingerprint density at radius 2 is 2.05 bits per heavy atom. The van der Waals surface area contributed by atoms with Crippen molar-refractivity contribution in [1.29, 1.82) is 0 Å². The average Bonchev–Trinajstić information content (AvgIpc) is 2.85. The first-order valence-corrected chi connectivity index (χ1v) is 6.22. The minimum atomic E-state index is -4.81. The number of nitrogens with zero attached hydrogens (tertiary/aromatic N) is 1. The minimum absolute atomic E-state index is 0. The number of carbonyl (C=O) groups excluding carboxylic acids is 1. The molecule has 0 aliphatic carbocycles. The van der Waals surface area contributed by atoms with E-state index in [4.69, 9.17) is 0 Å². The van der Waals surface area contributed by atoms with Crippen LogP contribution in [0.5, 0.6) is 5.75 Å². The van der Waals surface area contributed by atoms with Gasteiger partial charge in [0.1, 0.15) is 5.75 Å². The maximum atomic E-state index is 12.3. The molecule has 1 fully saturated rings. The van der Waals surface area contributed by atoms with Crippen LogP contribution in [0, 0.1) is 0 Å². The molecule has 118 valence electrons. The monoisotopic (exact) mass is 324 g/mol. The number of benzene rings is 1. The summed E-state index contributed by atoms with van der Waals surface area (Å²) in [5.41, 5.74) is -0.0680. The lowest BCUT2D eigenvalue weighted by atomic mass is 10.2. The van der Waals surface area contributed by atoms with E-state index in [0.717, 1.165) is 12.5 Å². The fourth-order valence-electron chi connectivity index (χ4n) is 2.21. The number of likely N-dealkylation sites (N-methyl/N-ethyl adjacent to an activating group) is 1. The average molecular weight is 325 g/mol. The summed E-state index contributed by atoms with van der Waals surface area (Å²) in [6.45, 7) is 1.00. The van der Waals surface area contributed by atoms with Crippen LogP contribution in [0.4, 0.5) is 13.2 Å². The van der Waals surface area contributed by atoms with Crippen LogP contribution in [0.1, 0.15) is 16.8 Å². The summed E-state index contributed by atoms with van der Waals surface area (Å²) in [5.74, 6) is -0.902. The summed E-state index contributed by atoms with van der Waals surface area (Å²) in [5, 5.41) is 3.05. The van der Waals surface area contributed by atoms with Crippen LogP contribution < -0.4 is 10.1 Å². The normalized spacial score (nSPS) is 18.3. The summed E-state index contributed by atoms with van der Waals surface area (Å²) in [6.07, 6.45) is -4.03. The lowest BCUT2D eigenvalue weighted by Gasteiger charge is -2.19. The van der Waals surface area contributed by atoms with Gasteiger partial charge in [0, 0.05) is 19.1 Å². The van der Waals surface area contributed by atoms with Gasteiger partial charge in [-0.25, -0.2) is 0 Å². The molecule has 21 heavy (non-hydrogen) atoms. The van der Waals surface area contributed by atoms with Gasteiger partial charge in [-0.2, -0.15) is 0 Å². The molecule has 1 saturated heterocycles. The Labute approximate surface area is 126 Å². The molecule has 4 nitrogen and oxygen atoms in total. The first kappa shape index (κ1) is 17.6. The van der Waals surface area contributed by atoms with E-state index in [-0.39, 0.29) is 24.0 Å². The maximum Gasteiger partial charge on any atom is 0.573 e. The van der Waals surface area contributed by atoms with E-state index >= 15 is 0 Å². The van der Waals surface area contributed by atoms with Gasteiger partial charge in [0.05, 0.1) is 5.56 Å². The van der Waals surface area contributed by atoms with Crippen molar-refractivity contribution >= 4 is 18.3 Å². The summed E-state index contributed by atoms with van der Waals surface area (Å²) in [4.78, 5) is 13.8. The van der Waals surface area contributed by atoms with Crippen LogP contribution in [0.3, 0.4) is 0 Å². The number of halogens is 4. The van der Waals surface area contributed by atoms with Gasteiger partial charge in [-0.3, -0.25) is 4.79 Å². The number of rotatable bonds is 3. The summed E-state index contributed by atoms with van der Waals surface area (Å²) >= 11 is 0. The van der Waals surface area contributed by atoms with Crippen LogP contribution >= 0.6 is 12.4 Å². The lowest BCUT2D eigenvalue weighted by Crippen LogP contribution is -2.34. The molecule has 1 N–H and O–H groups in total. The van der Waals surface area contributed by atoms with Gasteiger partial charge in [-0.05, 0) is 25.6 Å². The van der Waals surface area contributed by atoms with Crippen molar-refractivity contribution < 1.29 is 22.7 Å². The third-order valence-electron chi connectivity index (χ3n) is 3.23. The second-order valence-electron chi connectivity index (χ2n) is 4.57. The predicted molar refractivity (Wildman–Crippen MR) is 73.7 cm³/mol. The van der Waals surface area contributed by atoms with Gasteiger partial charge >= 0.3 is 6.36 Å². The molecule has 1 aromatic carbocycles. The van der Waals surface area contributed by atoms with Crippen molar-refractivity contribution in [3.8, 4) is 5.75 Å². The highest BCUT2D eigenvalue weighted by molar-refractivity contribution is 5.97. The number of hydrogen-bond acceptors (Lipinski definition) is 3. The van der Waals surface area contributed by atoms with Crippen molar-refractivity contribution in [3.63, 3.8) is 0 Å². The maximum absolute atomic E-state index is 12.3. The zero-order valence-corrected chi connectivity index (χ0v) is 12.1. The van der Waals surface area contributed by atoms with Crippen molar-refractivity contribution in [2.45, 2.75) is 18.8 Å². The highest BCUT2D eigenvalue weighted by Gasteiger charge is 2.34. The van der Waals surface area contributed by atoms with E-state index in [2.05, 4.69) is 10.1 Å². The molecule has 1 amide bonds. The van der Waals surface area contributed by atoms with Crippen LogP contribution in [0.2, 0.25) is 0 Å². The fraction of sp³-hybridized carbons (Fsp3) is 0.462. The van der Waals surface area contributed by atoms with Gasteiger partial charge in [0.2, 0.25) is 0 Å². The van der Waals surface area contributed by atoms with E-state index in [1.165, 1.54) is 23.1 Å². The number of carbonyl (C=O) groups is 1. The van der Waals surface area contributed by atoms with Crippen LogP contribution in [0.25, 0.3) is 0 Å². The number of likely N-dealkylation sites (tertiary alicyclic amines) is 1. The Hall–Kier alpha value is -1.47. The summed E-state index contributed by atoms with van der Waals surface area (Å²) < 4.78 is 40.9. The Balaban J connectivity index is 0.00000220. The van der Waals surface area contributed by atoms with Crippen LogP contribution in [0.15, 0.2) is 24.3 Å². The molecule has 1 heterocycles. The van der Waals surface area contributed by atoms with Gasteiger partial charge in [0.15, 0.2) is 0 Å². The standard InChI is InChI=1S/C13H15F3N2O2.ClH/c1-17-9-6-7-18(8-9)12(19)10-4-2-3-5-11(10)20-13(14,15)16;/h2-5,9,17H,6-8H2,1H3;1H/t9-;/m1./s1. The van der Waals surface area contributed by atoms with Crippen molar-refractivity contribution in [2.75, 3.05) is 20.1 Å². The quantitative estimate of drug-likeness (QED) is 0.928. The molecule has 0 aromatic heterocycles. The summed E-state index contributed by atoms with van der Waals surface area (Å²) in [6, 6.07) is 5.58. The molecule has 0 saturated carbocycles. The number of amides is 1. The van der Waals surface area contributed by atoms with Crippen molar-refractivity contribution in [3.05, 3.63) is 29.8 Å². The van der Waals surface area contributed by atoms with Crippen molar-refractivity contribution in [1.82, 2.24) is 10.2 Å². The predicted octanol–water partition coefficient (Wildman–Crippen LogP) is 2.44. The lowest BCUT2D eigenvalue weighted by molar-refractivity contribution is -0.274. The molecular formula is C13H16ClF3N2O2. The molecule has 2 rings (SSSR count). The molecule has 0 unspecified atom stereocenters. The highest BCUT2D eigenvalue weighted by Crippen LogP contribution is 2.27. The van der Waals surface area contributed by atoms with Crippen molar-refractivity contribution in [2.24, 2.45) is 0 Å². The molecule has 1 aliphatic rings. The smallest absolute Gasteiger partial charge is 0.405 e. The fourth-order valence-corrected chi connectivity index (χ4v) is 2.21. The molecule has 0 bridgehead atoms. The number of nitrogens with one attached hydrogen (secondary N) is 1. The number of hydrogen-bond donors (Lipinski definition) is 1. The topological polar surface area (TPSA) is 41.6 Å². The van der Waals surface area contributed by atoms with Gasteiger partial charge in [0.25, 0.3) is 5.91 Å². The van der Waals surface area contributed by atoms with Crippen LogP contribution in [-0.4, -0.2) is 43.3 Å². The first-order valence-electron chi connectivity index (χ1n) is 6.22. The third-order valence-corrected chi connectivity index (χ3v) is 3.23. The number of para-hydroxylation sites is 1. The molecule has 0 spiro atoms. The second-order valence-corrected chi connectivity index (χ2v) is 4.57. The molecular weight excluding hydrogens is 309 g/mol. The zero-order chi connectivity index (χ0) is 14.8. The largest absolute Gasteiger partial charge is 0.573 e. The van der Waals surface area contributed by atoms with E-state index < -0.39 is 18.0 Å². The van der Waals surface area contributed by atoms with Gasteiger partial charge in [-0.1, -0.05) is 12.1 Å². The molecule has 1 atom stereocenters. The van der Waals surface area contributed by atoms with Gasteiger partial charge < -0.3 is 15.0 Å². The molecule has 8 heteroatoms. The zero-order valence-electron chi connectivity index (χ0n) is 11.3. The Bertz CT molecular complexity index is 497. The van der Waals surface area contributed by atoms with E-state index in [1.807, 2.05) is 0 Å². The third kappa shape index (κ3) is 4.50. The van der Waals surface area contributed by atoms with E-state index in [9.17, 15) is 18.0 Å². The van der Waals surface area contributed by atoms with E-state index in [0.29, 0.717) is 13.1 Å². The number of alkyl halides is 3. The molecule has 0 radical (unpaired) electrons. The Kier molecular flexibility index (Phi) is 5.86. The summed E-state index contributed by atoms with van der Waals surface area (Å²) in [7, 11) is 1.79. The molecule has 1 aliphatic heterocycles. The Morgan fingerprint density at radius 1 is 1.38 bits per heavy atom. The SMILES string of the molecule is CN[C@@H]1CCN(C(=O)c2ccccc2OC(F)(F)F)C1.Cl. The molecule has 1 aromatic rings. The highest BCUT2D eigenvalue weighted by atomic mass is 35.5. The number of ether oxygens (including phenoxy) is 1. The minimum Gasteiger partial charge on any atom is -0.405 e. The Morgan fingerprint density at radius 3 is 2.62 bits per heavy atom. The van der Waals surface area contributed by atoms with Gasteiger partial charge in [-0.15, -0.1) is 25.6 Å². The van der Waals surface area contributed by atoms with Crippen LogP contribution in [-0.2, 0) is 0 Å². The van der Waals surface area contributed by atoms with E-state index in [1.54, 1.807) is 7.05 Å².